The number of ether oxygens (including phenoxy) is 3. The molecule has 0 N–H and O–H groups in total. The third kappa shape index (κ3) is 51.3. The number of carbonyl (C=O) groups excluding carboxylic acids is 3. The molecule has 0 spiro atoms. The van der Waals surface area contributed by atoms with Crippen molar-refractivity contribution >= 4 is 17.9 Å². The van der Waals surface area contributed by atoms with E-state index in [4.69, 9.17) is 14.2 Å². The number of rotatable bonds is 51. The second-order valence-corrected chi connectivity index (χ2v) is 20.5. The zero-order chi connectivity index (χ0) is 46.1. The minimum Gasteiger partial charge on any atom is -0.462 e. The van der Waals surface area contributed by atoms with Crippen molar-refractivity contribution in [1.29, 1.82) is 0 Å². The molecule has 0 aromatic rings. The standard InChI is InChI=1S/C57H110O6/c1-6-7-8-9-10-11-27-32-37-42-47-55(58)61-50-54(51-62-56(59)48-43-38-33-28-23-20-16-18-22-26-31-36-41-46-53(4)5)63-57(60)49-44-39-34-29-24-19-15-13-12-14-17-21-25-30-35-40-45-52(2)3/h52-54H,6-51H2,1-5H3/t54-/m0/s1. The lowest BCUT2D eigenvalue weighted by molar-refractivity contribution is -0.167. The van der Waals surface area contributed by atoms with Crippen molar-refractivity contribution in [2.75, 3.05) is 13.2 Å². The molecule has 0 aromatic carbocycles. The van der Waals surface area contributed by atoms with Crippen LogP contribution < -0.4 is 0 Å². The average Bonchev–Trinajstić information content (AvgIpc) is 3.25. The molecule has 6 heteroatoms. The van der Waals surface area contributed by atoms with E-state index in [0.29, 0.717) is 19.3 Å². The first kappa shape index (κ1) is 61.4. The monoisotopic (exact) mass is 891 g/mol. The number of hydrogen-bond donors (Lipinski definition) is 0. The molecule has 0 bridgehead atoms. The molecule has 0 radical (unpaired) electrons. The molecule has 0 unspecified atom stereocenters. The summed E-state index contributed by atoms with van der Waals surface area (Å²) in [7, 11) is 0. The molecule has 0 saturated carbocycles. The Labute approximate surface area is 393 Å². The Balaban J connectivity index is 4.24. The highest BCUT2D eigenvalue weighted by Gasteiger charge is 2.19. The van der Waals surface area contributed by atoms with Gasteiger partial charge in [0.15, 0.2) is 6.10 Å². The number of hydrogen-bond acceptors (Lipinski definition) is 6. The van der Waals surface area contributed by atoms with Crippen molar-refractivity contribution in [2.45, 2.75) is 323 Å². The maximum absolute atomic E-state index is 12.8. The van der Waals surface area contributed by atoms with E-state index in [9.17, 15) is 14.4 Å². The van der Waals surface area contributed by atoms with Crippen LogP contribution in [-0.2, 0) is 28.6 Å². The van der Waals surface area contributed by atoms with E-state index in [0.717, 1.165) is 69.6 Å². The normalized spacial score (nSPS) is 12.0. The van der Waals surface area contributed by atoms with Crippen LogP contribution in [0.15, 0.2) is 0 Å². The van der Waals surface area contributed by atoms with Gasteiger partial charge in [-0.1, -0.05) is 279 Å². The van der Waals surface area contributed by atoms with E-state index in [2.05, 4.69) is 34.6 Å². The smallest absolute Gasteiger partial charge is 0.306 e. The first-order valence-corrected chi connectivity index (χ1v) is 28.2. The Morgan fingerprint density at radius 1 is 0.302 bits per heavy atom. The fourth-order valence-electron chi connectivity index (χ4n) is 8.70. The van der Waals surface area contributed by atoms with Crippen molar-refractivity contribution in [1.82, 2.24) is 0 Å². The van der Waals surface area contributed by atoms with Gasteiger partial charge in [0.1, 0.15) is 13.2 Å². The van der Waals surface area contributed by atoms with Gasteiger partial charge in [0.05, 0.1) is 0 Å². The van der Waals surface area contributed by atoms with Gasteiger partial charge in [-0.05, 0) is 31.1 Å². The molecule has 6 nitrogen and oxygen atoms in total. The average molecular weight is 892 g/mol. The summed E-state index contributed by atoms with van der Waals surface area (Å²) in [6.07, 6.45) is 52.4. The van der Waals surface area contributed by atoms with Crippen LogP contribution in [0.25, 0.3) is 0 Å². The van der Waals surface area contributed by atoms with Crippen LogP contribution in [0.1, 0.15) is 317 Å². The van der Waals surface area contributed by atoms with E-state index >= 15 is 0 Å². The van der Waals surface area contributed by atoms with E-state index in [1.807, 2.05) is 0 Å². The molecule has 0 aliphatic rings. The van der Waals surface area contributed by atoms with Gasteiger partial charge in [0, 0.05) is 19.3 Å². The van der Waals surface area contributed by atoms with Gasteiger partial charge in [-0.3, -0.25) is 14.4 Å². The molecule has 63 heavy (non-hydrogen) atoms. The first-order chi connectivity index (χ1) is 30.7. The van der Waals surface area contributed by atoms with Crippen LogP contribution in [0, 0.1) is 11.8 Å². The van der Waals surface area contributed by atoms with Crippen LogP contribution >= 0.6 is 0 Å². The third-order valence-electron chi connectivity index (χ3n) is 13.0. The van der Waals surface area contributed by atoms with Crippen molar-refractivity contribution in [2.24, 2.45) is 11.8 Å². The summed E-state index contributed by atoms with van der Waals surface area (Å²) in [6, 6.07) is 0. The Hall–Kier alpha value is -1.59. The van der Waals surface area contributed by atoms with Crippen LogP contribution in [0.3, 0.4) is 0 Å². The third-order valence-corrected chi connectivity index (χ3v) is 13.0. The van der Waals surface area contributed by atoms with Crippen molar-refractivity contribution in [3.05, 3.63) is 0 Å². The van der Waals surface area contributed by atoms with E-state index in [1.54, 1.807) is 0 Å². The molecular weight excluding hydrogens is 781 g/mol. The van der Waals surface area contributed by atoms with E-state index in [1.165, 1.54) is 205 Å². The Morgan fingerprint density at radius 3 is 0.778 bits per heavy atom. The molecule has 0 saturated heterocycles. The van der Waals surface area contributed by atoms with Gasteiger partial charge in [0.2, 0.25) is 0 Å². The highest BCUT2D eigenvalue weighted by atomic mass is 16.6. The second kappa shape index (κ2) is 49.8. The van der Waals surface area contributed by atoms with Crippen molar-refractivity contribution in [3.63, 3.8) is 0 Å². The molecule has 0 fully saturated rings. The predicted octanol–water partition coefficient (Wildman–Crippen LogP) is 18.5. The van der Waals surface area contributed by atoms with Gasteiger partial charge in [-0.25, -0.2) is 0 Å². The zero-order valence-electron chi connectivity index (χ0n) is 43.2. The summed E-state index contributed by atoms with van der Waals surface area (Å²) < 4.78 is 16.8. The Morgan fingerprint density at radius 2 is 0.524 bits per heavy atom. The lowest BCUT2D eigenvalue weighted by atomic mass is 10.0. The van der Waals surface area contributed by atoms with Crippen molar-refractivity contribution in [3.8, 4) is 0 Å². The number of esters is 3. The fourth-order valence-corrected chi connectivity index (χ4v) is 8.70. The molecule has 0 rings (SSSR count). The Kier molecular flexibility index (Phi) is 48.6. The van der Waals surface area contributed by atoms with Crippen LogP contribution in [0.2, 0.25) is 0 Å². The predicted molar refractivity (Wildman–Crippen MR) is 270 cm³/mol. The quantitative estimate of drug-likeness (QED) is 0.0344. The summed E-state index contributed by atoms with van der Waals surface area (Å²) in [4.78, 5) is 38.0. The van der Waals surface area contributed by atoms with E-state index < -0.39 is 6.10 Å². The maximum Gasteiger partial charge on any atom is 0.306 e. The zero-order valence-corrected chi connectivity index (χ0v) is 43.2. The summed E-state index contributed by atoms with van der Waals surface area (Å²) in [6.45, 7) is 11.4. The first-order valence-electron chi connectivity index (χ1n) is 28.2. The van der Waals surface area contributed by atoms with Gasteiger partial charge >= 0.3 is 17.9 Å². The summed E-state index contributed by atoms with van der Waals surface area (Å²) in [5, 5.41) is 0. The van der Waals surface area contributed by atoms with Gasteiger partial charge in [0.25, 0.3) is 0 Å². The highest BCUT2D eigenvalue weighted by molar-refractivity contribution is 5.71. The molecule has 0 aromatic heterocycles. The molecule has 0 amide bonds. The van der Waals surface area contributed by atoms with Crippen LogP contribution in [-0.4, -0.2) is 37.2 Å². The minimum atomic E-state index is -0.762. The molecule has 0 aliphatic heterocycles. The van der Waals surface area contributed by atoms with Crippen molar-refractivity contribution < 1.29 is 28.6 Å². The summed E-state index contributed by atoms with van der Waals surface area (Å²) in [5.41, 5.74) is 0. The molecule has 0 heterocycles. The van der Waals surface area contributed by atoms with E-state index in [-0.39, 0.29) is 31.1 Å². The Bertz CT molecular complexity index is 962. The highest BCUT2D eigenvalue weighted by Crippen LogP contribution is 2.18. The number of unbranched alkanes of at least 4 members (excludes halogenated alkanes) is 36. The molecule has 0 aliphatic carbocycles. The summed E-state index contributed by atoms with van der Waals surface area (Å²) in [5.74, 6) is 0.849. The fraction of sp³-hybridized carbons (Fsp3) is 0.947. The lowest BCUT2D eigenvalue weighted by Crippen LogP contribution is -2.30. The molecular formula is C57H110O6. The van der Waals surface area contributed by atoms with Gasteiger partial charge in [-0.15, -0.1) is 0 Å². The SMILES string of the molecule is CCCCCCCCCCCCC(=O)OC[C@@H](COC(=O)CCCCCCCCCCCCCCCC(C)C)OC(=O)CCCCCCCCCCCCCCCCCCC(C)C. The lowest BCUT2D eigenvalue weighted by Gasteiger charge is -2.18. The van der Waals surface area contributed by atoms with Gasteiger partial charge < -0.3 is 14.2 Å². The van der Waals surface area contributed by atoms with Gasteiger partial charge in [-0.2, -0.15) is 0 Å². The molecule has 374 valence electrons. The minimum absolute atomic E-state index is 0.0629. The maximum atomic E-state index is 12.8. The van der Waals surface area contributed by atoms with Crippen LogP contribution in [0.5, 0.6) is 0 Å². The second-order valence-electron chi connectivity index (χ2n) is 20.5. The number of carbonyl (C=O) groups is 3. The molecule has 1 atom stereocenters. The largest absolute Gasteiger partial charge is 0.462 e. The summed E-state index contributed by atoms with van der Waals surface area (Å²) >= 11 is 0. The topological polar surface area (TPSA) is 78.9 Å². The van der Waals surface area contributed by atoms with Crippen LogP contribution in [0.4, 0.5) is 0 Å².